The lowest BCUT2D eigenvalue weighted by atomic mass is 9.95. The van der Waals surface area contributed by atoms with E-state index in [0.717, 1.165) is 4.88 Å². The van der Waals surface area contributed by atoms with Crippen molar-refractivity contribution in [2.75, 3.05) is 13.1 Å². The Labute approximate surface area is 111 Å². The molecule has 1 fully saturated rings. The highest BCUT2D eigenvalue weighted by Crippen LogP contribution is 2.36. The predicted octanol–water partition coefficient (Wildman–Crippen LogP) is 3.50. The van der Waals surface area contributed by atoms with Crippen LogP contribution >= 0.6 is 11.3 Å². The minimum atomic E-state index is -4.68. The van der Waals surface area contributed by atoms with Crippen molar-refractivity contribution >= 4 is 17.4 Å². The fourth-order valence-electron chi connectivity index (χ4n) is 2.09. The minimum absolute atomic E-state index is 0.103. The van der Waals surface area contributed by atoms with E-state index in [2.05, 4.69) is 4.74 Å². The molecule has 0 radical (unpaired) electrons. The number of alkyl halides is 3. The van der Waals surface area contributed by atoms with Gasteiger partial charge < -0.3 is 14.7 Å². The van der Waals surface area contributed by atoms with E-state index in [0.29, 0.717) is 25.9 Å². The van der Waals surface area contributed by atoms with Gasteiger partial charge in [0, 0.05) is 23.3 Å². The molecule has 8 heteroatoms. The Morgan fingerprint density at radius 1 is 1.42 bits per heavy atom. The Morgan fingerprint density at radius 3 is 2.58 bits per heavy atom. The number of piperidine rings is 1. The second-order valence-electron chi connectivity index (χ2n) is 4.28. The Balaban J connectivity index is 1.95. The van der Waals surface area contributed by atoms with Gasteiger partial charge in [0.15, 0.2) is 0 Å². The van der Waals surface area contributed by atoms with Crippen LogP contribution in [0.25, 0.3) is 0 Å². The first kappa shape index (κ1) is 14.0. The Bertz CT molecular complexity index is 452. The van der Waals surface area contributed by atoms with Crippen LogP contribution in [-0.2, 0) is 0 Å². The summed E-state index contributed by atoms with van der Waals surface area (Å²) in [7, 11) is 0. The molecule has 1 aliphatic heterocycles. The SMILES string of the molecule is O=C(O)N1CCC(c2cc(OC(F)(F)F)cs2)CC1. The van der Waals surface area contributed by atoms with Gasteiger partial charge in [0.2, 0.25) is 0 Å². The molecule has 0 aromatic carbocycles. The summed E-state index contributed by atoms with van der Waals surface area (Å²) in [4.78, 5) is 12.9. The number of amides is 1. The number of ether oxygens (including phenoxy) is 1. The third kappa shape index (κ3) is 3.76. The van der Waals surface area contributed by atoms with Crippen LogP contribution in [0.4, 0.5) is 18.0 Å². The molecule has 2 rings (SSSR count). The molecule has 2 heterocycles. The van der Waals surface area contributed by atoms with E-state index in [9.17, 15) is 18.0 Å². The van der Waals surface area contributed by atoms with E-state index >= 15 is 0 Å². The molecule has 0 unspecified atom stereocenters. The largest absolute Gasteiger partial charge is 0.573 e. The maximum Gasteiger partial charge on any atom is 0.573 e. The van der Waals surface area contributed by atoms with Gasteiger partial charge in [0.05, 0.1) is 0 Å². The van der Waals surface area contributed by atoms with Gasteiger partial charge in [-0.15, -0.1) is 24.5 Å². The summed E-state index contributed by atoms with van der Waals surface area (Å²) in [6, 6.07) is 1.39. The lowest BCUT2D eigenvalue weighted by molar-refractivity contribution is -0.274. The number of thiophene rings is 1. The number of carbonyl (C=O) groups is 1. The van der Waals surface area contributed by atoms with E-state index < -0.39 is 12.5 Å². The normalized spacial score (nSPS) is 17.5. The van der Waals surface area contributed by atoms with Crippen molar-refractivity contribution in [2.45, 2.75) is 25.1 Å². The number of halogens is 3. The number of likely N-dealkylation sites (tertiary alicyclic amines) is 1. The van der Waals surface area contributed by atoms with Gasteiger partial charge in [-0.2, -0.15) is 0 Å². The zero-order chi connectivity index (χ0) is 14.0. The number of hydrogen-bond acceptors (Lipinski definition) is 3. The first-order valence-corrected chi connectivity index (χ1v) is 6.55. The van der Waals surface area contributed by atoms with Crippen LogP contribution in [0.15, 0.2) is 11.4 Å². The van der Waals surface area contributed by atoms with Crippen LogP contribution in [0.1, 0.15) is 23.6 Å². The monoisotopic (exact) mass is 295 g/mol. The third-order valence-electron chi connectivity index (χ3n) is 3.00. The molecule has 4 nitrogen and oxygen atoms in total. The predicted molar refractivity (Wildman–Crippen MR) is 62.6 cm³/mol. The van der Waals surface area contributed by atoms with Crippen molar-refractivity contribution < 1.29 is 27.8 Å². The number of rotatable bonds is 2. The highest BCUT2D eigenvalue weighted by Gasteiger charge is 2.32. The molecule has 1 aliphatic rings. The Hall–Kier alpha value is -1.44. The molecule has 0 saturated carbocycles. The van der Waals surface area contributed by atoms with Crippen molar-refractivity contribution in [3.63, 3.8) is 0 Å². The van der Waals surface area contributed by atoms with E-state index in [-0.39, 0.29) is 11.7 Å². The van der Waals surface area contributed by atoms with Crippen LogP contribution in [0.5, 0.6) is 5.75 Å². The fourth-order valence-corrected chi connectivity index (χ4v) is 3.07. The van der Waals surface area contributed by atoms with Gasteiger partial charge in [-0.05, 0) is 24.8 Å². The molecule has 0 bridgehead atoms. The summed E-state index contributed by atoms with van der Waals surface area (Å²) in [5.74, 6) is -0.0978. The topological polar surface area (TPSA) is 49.8 Å². The maximum atomic E-state index is 12.0. The molecule has 0 aliphatic carbocycles. The summed E-state index contributed by atoms with van der Waals surface area (Å²) < 4.78 is 40.0. The van der Waals surface area contributed by atoms with Gasteiger partial charge in [0.25, 0.3) is 0 Å². The zero-order valence-corrected chi connectivity index (χ0v) is 10.6. The van der Waals surface area contributed by atoms with Gasteiger partial charge >= 0.3 is 12.5 Å². The van der Waals surface area contributed by atoms with Gasteiger partial charge in [-0.25, -0.2) is 4.79 Å². The maximum absolute atomic E-state index is 12.0. The molecule has 1 saturated heterocycles. The minimum Gasteiger partial charge on any atom is -0.465 e. The molecule has 1 aromatic heterocycles. The zero-order valence-electron chi connectivity index (χ0n) is 9.81. The molecule has 0 atom stereocenters. The summed E-state index contributed by atoms with van der Waals surface area (Å²) in [6.07, 6.45) is -4.38. The van der Waals surface area contributed by atoms with Gasteiger partial charge in [-0.3, -0.25) is 0 Å². The van der Waals surface area contributed by atoms with Gasteiger partial charge in [-0.1, -0.05) is 0 Å². The highest BCUT2D eigenvalue weighted by atomic mass is 32.1. The average Bonchev–Trinajstić information content (AvgIpc) is 2.75. The molecule has 1 aromatic rings. The summed E-state index contributed by atoms with van der Waals surface area (Å²) in [5.41, 5.74) is 0. The Kier molecular flexibility index (Phi) is 3.88. The number of hydrogen-bond donors (Lipinski definition) is 1. The van der Waals surface area contributed by atoms with Crippen molar-refractivity contribution in [1.29, 1.82) is 0 Å². The average molecular weight is 295 g/mol. The van der Waals surface area contributed by atoms with E-state index in [1.165, 1.54) is 27.7 Å². The van der Waals surface area contributed by atoms with Crippen LogP contribution < -0.4 is 4.74 Å². The van der Waals surface area contributed by atoms with E-state index in [1.54, 1.807) is 0 Å². The molecular weight excluding hydrogens is 283 g/mol. The second kappa shape index (κ2) is 5.28. The molecule has 0 spiro atoms. The van der Waals surface area contributed by atoms with Crippen molar-refractivity contribution in [3.8, 4) is 5.75 Å². The van der Waals surface area contributed by atoms with Gasteiger partial charge in [0.1, 0.15) is 5.75 Å². The number of carboxylic acid groups (broad SMARTS) is 1. The summed E-state index contributed by atoms with van der Waals surface area (Å²) in [5, 5.41) is 10.1. The fraction of sp³-hybridized carbons (Fsp3) is 0.545. The molecule has 1 N–H and O–H groups in total. The highest BCUT2D eigenvalue weighted by molar-refractivity contribution is 7.10. The number of nitrogens with zero attached hydrogens (tertiary/aromatic N) is 1. The van der Waals surface area contributed by atoms with Crippen LogP contribution in [0.3, 0.4) is 0 Å². The lowest BCUT2D eigenvalue weighted by Crippen LogP contribution is -2.36. The van der Waals surface area contributed by atoms with Crippen molar-refractivity contribution in [3.05, 3.63) is 16.3 Å². The van der Waals surface area contributed by atoms with Crippen molar-refractivity contribution in [2.24, 2.45) is 0 Å². The quantitative estimate of drug-likeness (QED) is 0.908. The molecule has 19 heavy (non-hydrogen) atoms. The molecule has 106 valence electrons. The lowest BCUT2D eigenvalue weighted by Gasteiger charge is -2.29. The first-order valence-electron chi connectivity index (χ1n) is 5.67. The smallest absolute Gasteiger partial charge is 0.465 e. The second-order valence-corrected chi connectivity index (χ2v) is 5.22. The third-order valence-corrected chi connectivity index (χ3v) is 4.07. The summed E-state index contributed by atoms with van der Waals surface area (Å²) in [6.45, 7) is 0.820. The summed E-state index contributed by atoms with van der Waals surface area (Å²) >= 11 is 1.22. The molecular formula is C11H12F3NO3S. The van der Waals surface area contributed by atoms with E-state index in [1.807, 2.05) is 0 Å². The Morgan fingerprint density at radius 2 is 2.05 bits per heavy atom. The molecule has 1 amide bonds. The van der Waals surface area contributed by atoms with Crippen LogP contribution in [0, 0.1) is 0 Å². The van der Waals surface area contributed by atoms with E-state index in [4.69, 9.17) is 5.11 Å². The first-order chi connectivity index (χ1) is 8.85. The van der Waals surface area contributed by atoms with Crippen LogP contribution in [-0.4, -0.2) is 35.6 Å². The standard InChI is InChI=1S/C11H12F3NO3S/c12-11(13,14)18-8-5-9(19-6-8)7-1-3-15(4-2-7)10(16)17/h5-7H,1-4H2,(H,16,17). The van der Waals surface area contributed by atoms with Crippen LogP contribution in [0.2, 0.25) is 0 Å². The van der Waals surface area contributed by atoms with Crippen molar-refractivity contribution in [1.82, 2.24) is 4.90 Å².